The van der Waals surface area contributed by atoms with Crippen molar-refractivity contribution in [1.82, 2.24) is 19.7 Å². The molecule has 0 saturated heterocycles. The molecule has 2 aromatic rings. The van der Waals surface area contributed by atoms with E-state index in [4.69, 9.17) is 0 Å². The van der Waals surface area contributed by atoms with Crippen LogP contribution in [0.3, 0.4) is 0 Å². The molecule has 0 aromatic carbocycles. The quantitative estimate of drug-likeness (QED) is 0.820. The minimum absolute atomic E-state index is 0.132. The first-order valence-corrected chi connectivity index (χ1v) is 10.4. The maximum Gasteiger partial charge on any atom is 0.255 e. The first kappa shape index (κ1) is 17.4. The predicted molar refractivity (Wildman–Crippen MR) is 109 cm³/mol. The van der Waals surface area contributed by atoms with E-state index < -0.39 is 0 Å². The van der Waals surface area contributed by atoms with Crippen molar-refractivity contribution in [3.63, 3.8) is 0 Å². The first-order chi connectivity index (χ1) is 13.7. The standard InChI is InChI=1S/C23H26N4O/c1-26-15-18-13-20(10-12-22(18)25-26)27(19-8-9-19)23(28)17-7-11-21(24-14-17)16-5-3-2-4-6-16/h3,5-7,11,14-15,19-20H,2,4,8-10,12-13H2,1H3. The summed E-state index contributed by atoms with van der Waals surface area (Å²) in [6, 6.07) is 4.58. The second kappa shape index (κ2) is 7.04. The summed E-state index contributed by atoms with van der Waals surface area (Å²) >= 11 is 0. The molecule has 0 N–H and O–H groups in total. The Morgan fingerprint density at radius 3 is 2.79 bits per heavy atom. The Balaban J connectivity index is 1.36. The van der Waals surface area contributed by atoms with Crippen molar-refractivity contribution in [2.24, 2.45) is 7.05 Å². The fraction of sp³-hybridized carbons (Fsp3) is 0.435. The Morgan fingerprint density at radius 1 is 1.18 bits per heavy atom. The smallest absolute Gasteiger partial charge is 0.255 e. The summed E-state index contributed by atoms with van der Waals surface area (Å²) in [6.07, 6.45) is 17.6. The van der Waals surface area contributed by atoms with Crippen molar-refractivity contribution in [1.29, 1.82) is 0 Å². The number of allylic oxidation sites excluding steroid dienone is 4. The lowest BCUT2D eigenvalue weighted by molar-refractivity contribution is 0.0642. The van der Waals surface area contributed by atoms with Crippen LogP contribution in [-0.4, -0.2) is 37.7 Å². The van der Waals surface area contributed by atoms with Gasteiger partial charge < -0.3 is 4.90 Å². The van der Waals surface area contributed by atoms with Crippen LogP contribution in [0.15, 0.2) is 42.8 Å². The summed E-state index contributed by atoms with van der Waals surface area (Å²) in [5.74, 6) is 0.132. The molecule has 5 rings (SSSR count). The number of pyridine rings is 1. The summed E-state index contributed by atoms with van der Waals surface area (Å²) in [7, 11) is 1.97. The third-order valence-electron chi connectivity index (χ3n) is 6.03. The predicted octanol–water partition coefficient (Wildman–Crippen LogP) is 3.71. The molecule has 0 spiro atoms. The van der Waals surface area contributed by atoms with E-state index in [9.17, 15) is 4.79 Å². The topological polar surface area (TPSA) is 51.0 Å². The maximum atomic E-state index is 13.4. The zero-order chi connectivity index (χ0) is 19.1. The highest BCUT2D eigenvalue weighted by Gasteiger charge is 2.39. The third kappa shape index (κ3) is 3.30. The van der Waals surface area contributed by atoms with Crippen LogP contribution in [0, 0.1) is 0 Å². The first-order valence-electron chi connectivity index (χ1n) is 10.4. The Hall–Kier alpha value is -2.69. The summed E-state index contributed by atoms with van der Waals surface area (Å²) in [6.45, 7) is 0. The molecule has 2 aromatic heterocycles. The van der Waals surface area contributed by atoms with E-state index >= 15 is 0 Å². The van der Waals surface area contributed by atoms with E-state index in [0.29, 0.717) is 11.6 Å². The van der Waals surface area contributed by atoms with Crippen LogP contribution in [0.5, 0.6) is 0 Å². The Labute approximate surface area is 165 Å². The van der Waals surface area contributed by atoms with Crippen molar-refractivity contribution in [3.8, 4) is 0 Å². The van der Waals surface area contributed by atoms with Crippen LogP contribution >= 0.6 is 0 Å². The van der Waals surface area contributed by atoms with Crippen molar-refractivity contribution in [2.75, 3.05) is 0 Å². The molecule has 28 heavy (non-hydrogen) atoms. The lowest BCUT2D eigenvalue weighted by Gasteiger charge is -2.34. The van der Waals surface area contributed by atoms with Gasteiger partial charge in [-0.3, -0.25) is 14.5 Å². The zero-order valence-corrected chi connectivity index (χ0v) is 16.3. The van der Waals surface area contributed by atoms with Crippen molar-refractivity contribution in [3.05, 3.63) is 65.3 Å². The summed E-state index contributed by atoms with van der Waals surface area (Å²) in [4.78, 5) is 20.1. The maximum absolute atomic E-state index is 13.4. The molecule has 2 heterocycles. The van der Waals surface area contributed by atoms with Gasteiger partial charge in [0.05, 0.1) is 17.0 Å². The average molecular weight is 374 g/mol. The minimum Gasteiger partial charge on any atom is -0.332 e. The van der Waals surface area contributed by atoms with Gasteiger partial charge in [0.1, 0.15) is 0 Å². The SMILES string of the molecule is Cn1cc2c(n1)CCC(N(C(=O)c1ccc(C3=CCCC=C3)nc1)C1CC1)C2. The van der Waals surface area contributed by atoms with E-state index in [-0.39, 0.29) is 11.9 Å². The molecular formula is C23H26N4O. The highest BCUT2D eigenvalue weighted by Crippen LogP contribution is 2.34. The zero-order valence-electron chi connectivity index (χ0n) is 16.3. The molecule has 3 aliphatic carbocycles. The Kier molecular flexibility index (Phi) is 4.38. The second-order valence-electron chi connectivity index (χ2n) is 8.19. The highest BCUT2D eigenvalue weighted by molar-refractivity contribution is 5.95. The van der Waals surface area contributed by atoms with Gasteiger partial charge in [0, 0.05) is 31.5 Å². The summed E-state index contributed by atoms with van der Waals surface area (Å²) in [5.41, 5.74) is 5.29. The van der Waals surface area contributed by atoms with Gasteiger partial charge in [-0.25, -0.2) is 0 Å². The third-order valence-corrected chi connectivity index (χ3v) is 6.03. The number of aromatic nitrogens is 3. The number of rotatable bonds is 4. The van der Waals surface area contributed by atoms with Gasteiger partial charge in [-0.1, -0.05) is 18.2 Å². The molecule has 1 unspecified atom stereocenters. The lowest BCUT2D eigenvalue weighted by Crippen LogP contribution is -2.44. The number of amides is 1. The molecule has 0 bridgehead atoms. The van der Waals surface area contributed by atoms with Crippen molar-refractivity contribution >= 4 is 11.5 Å². The summed E-state index contributed by atoms with van der Waals surface area (Å²) in [5, 5.41) is 4.55. The molecule has 0 radical (unpaired) electrons. The molecule has 0 aliphatic heterocycles. The van der Waals surface area contributed by atoms with Crippen LogP contribution in [0.1, 0.15) is 59.4 Å². The van der Waals surface area contributed by atoms with Gasteiger partial charge in [-0.05, 0) is 68.2 Å². The normalized spacial score (nSPS) is 21.2. The van der Waals surface area contributed by atoms with Crippen LogP contribution in [-0.2, 0) is 19.9 Å². The van der Waals surface area contributed by atoms with Crippen LogP contribution in [0.25, 0.3) is 5.57 Å². The van der Waals surface area contributed by atoms with E-state index in [1.165, 1.54) is 11.3 Å². The molecule has 1 fully saturated rings. The number of carbonyl (C=O) groups is 1. The van der Waals surface area contributed by atoms with Crippen molar-refractivity contribution in [2.45, 2.75) is 57.0 Å². The number of aryl methyl sites for hydroxylation is 2. The van der Waals surface area contributed by atoms with Crippen LogP contribution in [0.4, 0.5) is 0 Å². The van der Waals surface area contributed by atoms with E-state index in [1.807, 2.05) is 23.9 Å². The number of hydrogen-bond donors (Lipinski definition) is 0. The highest BCUT2D eigenvalue weighted by atomic mass is 16.2. The molecule has 1 atom stereocenters. The van der Waals surface area contributed by atoms with E-state index in [2.05, 4.69) is 39.4 Å². The van der Waals surface area contributed by atoms with Gasteiger partial charge in [0.25, 0.3) is 5.91 Å². The second-order valence-corrected chi connectivity index (χ2v) is 8.19. The Morgan fingerprint density at radius 2 is 2.07 bits per heavy atom. The van der Waals surface area contributed by atoms with E-state index in [0.717, 1.165) is 56.2 Å². The monoisotopic (exact) mass is 374 g/mol. The minimum atomic E-state index is 0.132. The van der Waals surface area contributed by atoms with Crippen LogP contribution < -0.4 is 0 Å². The molecule has 144 valence electrons. The van der Waals surface area contributed by atoms with Crippen molar-refractivity contribution < 1.29 is 4.79 Å². The van der Waals surface area contributed by atoms with Crippen LogP contribution in [0.2, 0.25) is 0 Å². The molecule has 5 heteroatoms. The lowest BCUT2D eigenvalue weighted by atomic mass is 9.92. The van der Waals surface area contributed by atoms with Gasteiger partial charge >= 0.3 is 0 Å². The fourth-order valence-corrected chi connectivity index (χ4v) is 4.49. The Bertz CT molecular complexity index is 949. The molecule has 5 nitrogen and oxygen atoms in total. The molecule has 1 saturated carbocycles. The number of hydrogen-bond acceptors (Lipinski definition) is 3. The average Bonchev–Trinajstić information content (AvgIpc) is 3.48. The molecule has 3 aliphatic rings. The molecule has 1 amide bonds. The molecular weight excluding hydrogens is 348 g/mol. The van der Waals surface area contributed by atoms with Gasteiger partial charge in [0.2, 0.25) is 0 Å². The number of fused-ring (bicyclic) bond motifs is 1. The summed E-state index contributed by atoms with van der Waals surface area (Å²) < 4.78 is 1.90. The largest absolute Gasteiger partial charge is 0.332 e. The fourth-order valence-electron chi connectivity index (χ4n) is 4.49. The number of nitrogens with zero attached hydrogens (tertiary/aromatic N) is 4. The van der Waals surface area contributed by atoms with Gasteiger partial charge in [0.15, 0.2) is 0 Å². The number of carbonyl (C=O) groups excluding carboxylic acids is 1. The van der Waals surface area contributed by atoms with E-state index in [1.54, 1.807) is 6.20 Å². The van der Waals surface area contributed by atoms with Gasteiger partial charge in [-0.15, -0.1) is 0 Å². The van der Waals surface area contributed by atoms with Gasteiger partial charge in [-0.2, -0.15) is 5.10 Å².